The van der Waals surface area contributed by atoms with Crippen molar-refractivity contribution < 1.29 is 27.5 Å². The molecule has 4 rings (SSSR count). The van der Waals surface area contributed by atoms with Crippen molar-refractivity contribution in [3.8, 4) is 17.1 Å². The summed E-state index contributed by atoms with van der Waals surface area (Å²) in [6.45, 7) is 7.42. The lowest BCUT2D eigenvalue weighted by molar-refractivity contribution is -0.118. The Bertz CT molecular complexity index is 1430. The number of carbonyl (C=O) groups is 2. The highest BCUT2D eigenvalue weighted by Gasteiger charge is 2.36. The lowest BCUT2D eigenvalue weighted by Gasteiger charge is -2.22. The zero-order valence-corrected chi connectivity index (χ0v) is 23.6. The summed E-state index contributed by atoms with van der Waals surface area (Å²) in [5.74, 6) is -0.181. The molecule has 1 aliphatic rings. The number of alkyl carbamates (subject to hydrolysis) is 1. The Morgan fingerprint density at radius 3 is 2.49 bits per heavy atom. The third-order valence-electron chi connectivity index (χ3n) is 5.29. The van der Waals surface area contributed by atoms with Crippen LogP contribution in [-0.4, -0.2) is 52.8 Å². The molecule has 1 unspecified atom stereocenters. The molecular weight excluding hydrogens is 544 g/mol. The fourth-order valence-electron chi connectivity index (χ4n) is 3.39. The molecule has 0 aliphatic heterocycles. The van der Waals surface area contributed by atoms with Gasteiger partial charge in [0.25, 0.3) is 5.91 Å². The van der Waals surface area contributed by atoms with E-state index in [0.29, 0.717) is 36.7 Å². The van der Waals surface area contributed by atoms with Crippen LogP contribution in [0.4, 0.5) is 15.6 Å². The molecule has 0 bridgehead atoms. The summed E-state index contributed by atoms with van der Waals surface area (Å²) in [5, 5.41) is 6.49. The third-order valence-corrected chi connectivity index (χ3v) is 8.02. The van der Waals surface area contributed by atoms with Gasteiger partial charge in [-0.05, 0) is 52.7 Å². The SMILES string of the molecule is CCOc1cncc(-c2ccc(NC(=O)C(NC(=O)OC(C)(C)C)c3csc(NS(=O)(=O)C4CC4)n3)cc2)n1. The second-order valence-electron chi connectivity index (χ2n) is 9.75. The average Bonchev–Trinajstić information content (AvgIpc) is 3.63. The number of hydrogen-bond donors (Lipinski definition) is 3. The summed E-state index contributed by atoms with van der Waals surface area (Å²) >= 11 is 1.02. The third kappa shape index (κ3) is 7.86. The molecule has 1 aromatic carbocycles. The summed E-state index contributed by atoms with van der Waals surface area (Å²) < 4.78 is 37.8. The summed E-state index contributed by atoms with van der Waals surface area (Å²) in [6.07, 6.45) is 3.51. The molecule has 2 amide bonds. The number of carbonyl (C=O) groups excluding carboxylic acids is 2. The molecule has 1 saturated carbocycles. The van der Waals surface area contributed by atoms with Crippen LogP contribution in [-0.2, 0) is 19.6 Å². The van der Waals surface area contributed by atoms with Gasteiger partial charge in [0.2, 0.25) is 15.9 Å². The summed E-state index contributed by atoms with van der Waals surface area (Å²) in [7, 11) is -3.53. The van der Waals surface area contributed by atoms with E-state index in [4.69, 9.17) is 9.47 Å². The lowest BCUT2D eigenvalue weighted by Crippen LogP contribution is -2.40. The van der Waals surface area contributed by atoms with Crippen molar-refractivity contribution in [2.75, 3.05) is 16.6 Å². The first-order chi connectivity index (χ1) is 18.4. The maximum absolute atomic E-state index is 13.3. The predicted molar refractivity (Wildman–Crippen MR) is 147 cm³/mol. The predicted octanol–water partition coefficient (Wildman–Crippen LogP) is 4.11. The van der Waals surface area contributed by atoms with Gasteiger partial charge in [0.1, 0.15) is 5.60 Å². The number of aromatic nitrogens is 3. The molecule has 208 valence electrons. The number of amides is 2. The van der Waals surface area contributed by atoms with E-state index in [9.17, 15) is 18.0 Å². The highest BCUT2D eigenvalue weighted by atomic mass is 32.2. The smallest absolute Gasteiger partial charge is 0.408 e. The Labute approximate surface area is 230 Å². The van der Waals surface area contributed by atoms with Crippen LogP contribution in [0.25, 0.3) is 11.3 Å². The maximum Gasteiger partial charge on any atom is 0.408 e. The van der Waals surface area contributed by atoms with Crippen LogP contribution in [0.5, 0.6) is 5.88 Å². The summed E-state index contributed by atoms with van der Waals surface area (Å²) in [4.78, 5) is 38.7. The summed E-state index contributed by atoms with van der Waals surface area (Å²) in [6, 6.07) is 5.65. The van der Waals surface area contributed by atoms with Gasteiger partial charge in [0.05, 0.1) is 35.6 Å². The monoisotopic (exact) mass is 574 g/mol. The van der Waals surface area contributed by atoms with Gasteiger partial charge in [-0.1, -0.05) is 12.1 Å². The number of sulfonamides is 1. The van der Waals surface area contributed by atoms with E-state index in [1.807, 2.05) is 6.92 Å². The first kappa shape index (κ1) is 28.2. The molecule has 0 radical (unpaired) electrons. The molecule has 0 saturated heterocycles. The van der Waals surface area contributed by atoms with Crippen molar-refractivity contribution in [1.29, 1.82) is 0 Å². The van der Waals surface area contributed by atoms with Gasteiger partial charge >= 0.3 is 6.09 Å². The molecule has 1 atom stereocenters. The normalized spacial score (nSPS) is 14.3. The minimum Gasteiger partial charge on any atom is -0.477 e. The van der Waals surface area contributed by atoms with Crippen LogP contribution < -0.4 is 20.1 Å². The molecule has 1 fully saturated rings. The number of ether oxygens (including phenoxy) is 2. The van der Waals surface area contributed by atoms with E-state index in [1.165, 1.54) is 11.6 Å². The quantitative estimate of drug-likeness (QED) is 0.324. The Morgan fingerprint density at radius 2 is 1.85 bits per heavy atom. The van der Waals surface area contributed by atoms with Crippen LogP contribution in [0.2, 0.25) is 0 Å². The number of anilines is 2. The molecule has 14 heteroatoms. The second kappa shape index (κ2) is 11.5. The topological polar surface area (TPSA) is 162 Å². The number of nitrogens with one attached hydrogen (secondary N) is 3. The Balaban J connectivity index is 1.51. The van der Waals surface area contributed by atoms with Crippen LogP contribution in [0.1, 0.15) is 52.3 Å². The maximum atomic E-state index is 13.3. The first-order valence-corrected chi connectivity index (χ1v) is 14.7. The van der Waals surface area contributed by atoms with Crippen LogP contribution in [0.15, 0.2) is 42.0 Å². The Hall–Kier alpha value is -3.78. The first-order valence-electron chi connectivity index (χ1n) is 12.3. The molecule has 12 nitrogen and oxygen atoms in total. The van der Waals surface area contributed by atoms with Gasteiger partial charge in [0.15, 0.2) is 11.2 Å². The van der Waals surface area contributed by atoms with Crippen molar-refractivity contribution >= 4 is 44.2 Å². The number of hydrogen-bond acceptors (Lipinski definition) is 10. The van der Waals surface area contributed by atoms with Crippen molar-refractivity contribution in [1.82, 2.24) is 20.3 Å². The standard InChI is InChI=1S/C25H30N6O6S2/c1-5-36-20-13-26-12-18(28-20)15-6-8-16(9-7-15)27-22(32)21(30-24(33)37-25(2,3)4)19-14-38-23(29-19)31-39(34,35)17-10-11-17/h6-9,12-14,17,21H,5,10-11H2,1-4H3,(H,27,32)(H,29,31)(H,30,33). The largest absolute Gasteiger partial charge is 0.477 e. The van der Waals surface area contributed by atoms with E-state index in [1.54, 1.807) is 51.2 Å². The van der Waals surface area contributed by atoms with Gasteiger partial charge < -0.3 is 20.1 Å². The molecule has 2 heterocycles. The molecule has 39 heavy (non-hydrogen) atoms. The Kier molecular flexibility index (Phi) is 8.35. The highest BCUT2D eigenvalue weighted by Crippen LogP contribution is 2.31. The molecule has 2 aromatic heterocycles. The van der Waals surface area contributed by atoms with Gasteiger partial charge in [-0.2, -0.15) is 0 Å². The van der Waals surface area contributed by atoms with Crippen molar-refractivity contribution in [3.05, 3.63) is 47.7 Å². The van der Waals surface area contributed by atoms with Crippen molar-refractivity contribution in [3.63, 3.8) is 0 Å². The minimum atomic E-state index is -3.53. The van der Waals surface area contributed by atoms with E-state index in [0.717, 1.165) is 16.9 Å². The van der Waals surface area contributed by atoms with Crippen LogP contribution >= 0.6 is 11.3 Å². The van der Waals surface area contributed by atoms with E-state index >= 15 is 0 Å². The number of benzene rings is 1. The minimum absolute atomic E-state index is 0.112. The van der Waals surface area contributed by atoms with Crippen molar-refractivity contribution in [2.45, 2.75) is 57.4 Å². The fourth-order valence-corrected chi connectivity index (χ4v) is 5.72. The number of rotatable bonds is 10. The second-order valence-corrected chi connectivity index (χ2v) is 12.6. The van der Waals surface area contributed by atoms with Crippen LogP contribution in [0.3, 0.4) is 0 Å². The van der Waals surface area contributed by atoms with E-state index in [2.05, 4.69) is 30.3 Å². The lowest BCUT2D eigenvalue weighted by atomic mass is 10.1. The molecule has 3 aromatic rings. The van der Waals surface area contributed by atoms with Gasteiger partial charge in [-0.15, -0.1) is 11.3 Å². The van der Waals surface area contributed by atoms with Crippen molar-refractivity contribution in [2.24, 2.45) is 0 Å². The van der Waals surface area contributed by atoms with Gasteiger partial charge in [0, 0.05) is 16.6 Å². The molecular formula is C25H30N6O6S2. The molecule has 3 N–H and O–H groups in total. The molecule has 1 aliphatic carbocycles. The number of thiazole rings is 1. The zero-order chi connectivity index (χ0) is 28.2. The Morgan fingerprint density at radius 1 is 1.13 bits per heavy atom. The van der Waals surface area contributed by atoms with Gasteiger partial charge in [-0.3, -0.25) is 14.5 Å². The van der Waals surface area contributed by atoms with E-state index < -0.39 is 38.9 Å². The van der Waals surface area contributed by atoms with Crippen LogP contribution in [0, 0.1) is 0 Å². The number of nitrogens with zero attached hydrogens (tertiary/aromatic N) is 3. The fraction of sp³-hybridized carbons (Fsp3) is 0.400. The highest BCUT2D eigenvalue weighted by molar-refractivity contribution is 7.93. The summed E-state index contributed by atoms with van der Waals surface area (Å²) in [5.41, 5.74) is 1.19. The molecule has 0 spiro atoms. The van der Waals surface area contributed by atoms with E-state index in [-0.39, 0.29) is 10.8 Å². The zero-order valence-electron chi connectivity index (χ0n) is 21.9. The van der Waals surface area contributed by atoms with Gasteiger partial charge in [-0.25, -0.2) is 23.2 Å². The average molecular weight is 575 g/mol.